The van der Waals surface area contributed by atoms with Gasteiger partial charge in [0.05, 0.1) is 0 Å². The van der Waals surface area contributed by atoms with Crippen LogP contribution < -0.4 is 5.73 Å². The molecule has 1 atom stereocenters. The topological polar surface area (TPSA) is 43.1 Å². The number of ketones is 1. The van der Waals surface area contributed by atoms with Crippen molar-refractivity contribution in [3.8, 4) is 0 Å². The van der Waals surface area contributed by atoms with Gasteiger partial charge in [-0.25, -0.2) is 0 Å². The second-order valence-electron chi connectivity index (χ2n) is 3.52. The Balaban J connectivity index is 2.94. The molecule has 14 heavy (non-hydrogen) atoms. The van der Waals surface area contributed by atoms with Gasteiger partial charge in [0.25, 0.3) is 0 Å². The summed E-state index contributed by atoms with van der Waals surface area (Å²) < 4.78 is 0. The van der Waals surface area contributed by atoms with Crippen molar-refractivity contribution >= 4 is 5.78 Å². The summed E-state index contributed by atoms with van der Waals surface area (Å²) in [5, 5.41) is 0. The standard InChI is InChI=1S/C12H17NO/c1-3-10(8-13)12(14)11-7-5-4-6-9(11)2/h4-7,10H,3,8,13H2,1-2H3. The van der Waals surface area contributed by atoms with E-state index in [0.717, 1.165) is 17.5 Å². The van der Waals surface area contributed by atoms with Gasteiger partial charge in [0.15, 0.2) is 5.78 Å². The van der Waals surface area contributed by atoms with Gasteiger partial charge in [-0.2, -0.15) is 0 Å². The van der Waals surface area contributed by atoms with Crippen molar-refractivity contribution in [1.29, 1.82) is 0 Å². The molecule has 1 rings (SSSR count). The summed E-state index contributed by atoms with van der Waals surface area (Å²) in [5.41, 5.74) is 7.39. The molecule has 0 aliphatic heterocycles. The molecule has 0 heterocycles. The molecule has 0 radical (unpaired) electrons. The van der Waals surface area contributed by atoms with Crippen molar-refractivity contribution in [3.63, 3.8) is 0 Å². The average molecular weight is 191 g/mol. The molecule has 1 aromatic carbocycles. The van der Waals surface area contributed by atoms with Crippen LogP contribution in [0.4, 0.5) is 0 Å². The van der Waals surface area contributed by atoms with E-state index in [1.165, 1.54) is 0 Å². The fraction of sp³-hybridized carbons (Fsp3) is 0.417. The number of benzene rings is 1. The average Bonchev–Trinajstić information content (AvgIpc) is 2.20. The van der Waals surface area contributed by atoms with E-state index in [-0.39, 0.29) is 11.7 Å². The maximum absolute atomic E-state index is 11.9. The van der Waals surface area contributed by atoms with Gasteiger partial charge in [-0.3, -0.25) is 4.79 Å². The molecule has 0 aliphatic carbocycles. The maximum atomic E-state index is 11.9. The highest BCUT2D eigenvalue weighted by Crippen LogP contribution is 2.14. The van der Waals surface area contributed by atoms with Gasteiger partial charge in [0, 0.05) is 18.0 Å². The van der Waals surface area contributed by atoms with E-state index in [1.54, 1.807) is 0 Å². The Morgan fingerprint density at radius 1 is 1.43 bits per heavy atom. The minimum Gasteiger partial charge on any atom is -0.330 e. The Morgan fingerprint density at radius 2 is 2.07 bits per heavy atom. The maximum Gasteiger partial charge on any atom is 0.167 e. The first-order valence-corrected chi connectivity index (χ1v) is 5.00. The van der Waals surface area contributed by atoms with Crippen molar-refractivity contribution in [3.05, 3.63) is 35.4 Å². The quantitative estimate of drug-likeness (QED) is 0.741. The van der Waals surface area contributed by atoms with Crippen LogP contribution >= 0.6 is 0 Å². The fourth-order valence-corrected chi connectivity index (χ4v) is 1.53. The SMILES string of the molecule is CCC(CN)C(=O)c1ccccc1C. The molecule has 2 nitrogen and oxygen atoms in total. The molecule has 76 valence electrons. The van der Waals surface area contributed by atoms with E-state index in [2.05, 4.69) is 0 Å². The summed E-state index contributed by atoms with van der Waals surface area (Å²) >= 11 is 0. The second kappa shape index (κ2) is 4.91. The minimum absolute atomic E-state index is 0.0314. The van der Waals surface area contributed by atoms with Gasteiger partial charge in [-0.15, -0.1) is 0 Å². The third kappa shape index (κ3) is 2.20. The van der Waals surface area contributed by atoms with E-state index in [1.807, 2.05) is 38.1 Å². The lowest BCUT2D eigenvalue weighted by atomic mass is 9.93. The first-order chi connectivity index (χ1) is 6.70. The summed E-state index contributed by atoms with van der Waals surface area (Å²) in [6.45, 7) is 4.38. The number of nitrogens with two attached hydrogens (primary N) is 1. The van der Waals surface area contributed by atoms with Gasteiger partial charge in [-0.1, -0.05) is 31.2 Å². The molecule has 0 spiro atoms. The summed E-state index contributed by atoms with van der Waals surface area (Å²) in [7, 11) is 0. The lowest BCUT2D eigenvalue weighted by molar-refractivity contribution is 0.0921. The number of carbonyl (C=O) groups excluding carboxylic acids is 1. The zero-order valence-electron chi connectivity index (χ0n) is 8.79. The molecule has 0 saturated heterocycles. The van der Waals surface area contributed by atoms with E-state index in [0.29, 0.717) is 6.54 Å². The first-order valence-electron chi connectivity index (χ1n) is 5.00. The number of rotatable bonds is 4. The highest BCUT2D eigenvalue weighted by Gasteiger charge is 2.17. The monoisotopic (exact) mass is 191 g/mol. The molecule has 2 heteroatoms. The van der Waals surface area contributed by atoms with Crippen LogP contribution in [0.5, 0.6) is 0 Å². The number of aryl methyl sites for hydroxylation is 1. The predicted octanol–water partition coefficient (Wildman–Crippen LogP) is 2.16. The summed E-state index contributed by atoms with van der Waals surface area (Å²) in [5.74, 6) is 0.143. The lowest BCUT2D eigenvalue weighted by Crippen LogP contribution is -2.23. The predicted molar refractivity (Wildman–Crippen MR) is 58.3 cm³/mol. The van der Waals surface area contributed by atoms with Crippen LogP contribution in [0.15, 0.2) is 24.3 Å². The van der Waals surface area contributed by atoms with Crippen molar-refractivity contribution in [1.82, 2.24) is 0 Å². The summed E-state index contributed by atoms with van der Waals surface area (Å²) in [6, 6.07) is 7.66. The molecule has 0 bridgehead atoms. The molecule has 0 amide bonds. The third-order valence-corrected chi connectivity index (χ3v) is 2.56. The lowest BCUT2D eigenvalue weighted by Gasteiger charge is -2.12. The Labute approximate surface area is 85.1 Å². The van der Waals surface area contributed by atoms with Gasteiger partial charge >= 0.3 is 0 Å². The minimum atomic E-state index is -0.0314. The molecule has 1 aromatic rings. The normalized spacial score (nSPS) is 12.5. The molecule has 1 unspecified atom stereocenters. The number of Topliss-reactive ketones (excluding diaryl/α,β-unsaturated/α-hetero) is 1. The Morgan fingerprint density at radius 3 is 2.57 bits per heavy atom. The molecular formula is C12H17NO. The van der Waals surface area contributed by atoms with Crippen molar-refractivity contribution in [2.24, 2.45) is 11.7 Å². The zero-order chi connectivity index (χ0) is 10.6. The van der Waals surface area contributed by atoms with Gasteiger partial charge in [0.1, 0.15) is 0 Å². The van der Waals surface area contributed by atoms with Gasteiger partial charge in [0.2, 0.25) is 0 Å². The fourth-order valence-electron chi connectivity index (χ4n) is 1.53. The molecule has 2 N–H and O–H groups in total. The van der Waals surface area contributed by atoms with Crippen LogP contribution in [-0.4, -0.2) is 12.3 Å². The largest absolute Gasteiger partial charge is 0.330 e. The van der Waals surface area contributed by atoms with Crippen molar-refractivity contribution < 1.29 is 4.79 Å². The summed E-state index contributed by atoms with van der Waals surface area (Å²) in [6.07, 6.45) is 0.809. The van der Waals surface area contributed by atoms with Crippen LogP contribution in [-0.2, 0) is 0 Å². The van der Waals surface area contributed by atoms with E-state index in [9.17, 15) is 4.79 Å². The molecule has 0 aliphatic rings. The first kappa shape index (κ1) is 10.9. The van der Waals surface area contributed by atoms with Gasteiger partial charge < -0.3 is 5.73 Å². The van der Waals surface area contributed by atoms with Crippen LogP contribution in [0.2, 0.25) is 0 Å². The Hall–Kier alpha value is -1.15. The van der Waals surface area contributed by atoms with E-state index in [4.69, 9.17) is 5.73 Å². The molecule has 0 fully saturated rings. The second-order valence-corrected chi connectivity index (χ2v) is 3.52. The smallest absolute Gasteiger partial charge is 0.167 e. The van der Waals surface area contributed by atoms with E-state index < -0.39 is 0 Å². The Kier molecular flexibility index (Phi) is 3.84. The number of carbonyl (C=O) groups is 1. The van der Waals surface area contributed by atoms with E-state index >= 15 is 0 Å². The number of hydrogen-bond donors (Lipinski definition) is 1. The third-order valence-electron chi connectivity index (χ3n) is 2.56. The van der Waals surface area contributed by atoms with Crippen LogP contribution in [0.3, 0.4) is 0 Å². The zero-order valence-corrected chi connectivity index (χ0v) is 8.79. The van der Waals surface area contributed by atoms with Crippen LogP contribution in [0.25, 0.3) is 0 Å². The van der Waals surface area contributed by atoms with Gasteiger partial charge in [-0.05, 0) is 18.9 Å². The molecular weight excluding hydrogens is 174 g/mol. The Bertz CT molecular complexity index is 316. The van der Waals surface area contributed by atoms with Crippen molar-refractivity contribution in [2.75, 3.05) is 6.54 Å². The van der Waals surface area contributed by atoms with Crippen LogP contribution in [0, 0.1) is 12.8 Å². The summed E-state index contributed by atoms with van der Waals surface area (Å²) in [4.78, 5) is 11.9. The molecule has 0 saturated carbocycles. The highest BCUT2D eigenvalue weighted by atomic mass is 16.1. The number of hydrogen-bond acceptors (Lipinski definition) is 2. The molecule has 0 aromatic heterocycles. The van der Waals surface area contributed by atoms with Crippen LogP contribution in [0.1, 0.15) is 29.3 Å². The highest BCUT2D eigenvalue weighted by molar-refractivity contribution is 5.99. The van der Waals surface area contributed by atoms with Crippen molar-refractivity contribution in [2.45, 2.75) is 20.3 Å².